The molecule has 0 aromatic heterocycles. The number of carbonyl (C=O) groups excluding carboxylic acids is 2. The highest BCUT2D eigenvalue weighted by Crippen LogP contribution is 2.29. The molecule has 0 unspecified atom stereocenters. The van der Waals surface area contributed by atoms with Crippen molar-refractivity contribution in [2.75, 3.05) is 5.75 Å². The van der Waals surface area contributed by atoms with E-state index in [-0.39, 0.29) is 21.9 Å². The number of nitrogens with two attached hydrogens (primary N) is 1. The minimum atomic E-state index is -1.19. The van der Waals surface area contributed by atoms with Gasteiger partial charge in [0.2, 0.25) is 11.8 Å². The lowest BCUT2D eigenvalue weighted by Crippen LogP contribution is -2.39. The average Bonchev–Trinajstić information content (AvgIpc) is 2.44. The number of carboxylic acid groups (broad SMARTS) is 1. The van der Waals surface area contributed by atoms with E-state index < -0.39 is 28.7 Å². The third-order valence-electron chi connectivity index (χ3n) is 2.55. The summed E-state index contributed by atoms with van der Waals surface area (Å²) in [4.78, 5) is 43.6. The Morgan fingerprint density at radius 1 is 1.45 bits per heavy atom. The number of carboxylic acids is 1. The van der Waals surface area contributed by atoms with Gasteiger partial charge in [-0.25, -0.2) is 0 Å². The van der Waals surface area contributed by atoms with Gasteiger partial charge >= 0.3 is 5.97 Å². The minimum absolute atomic E-state index is 0.0139. The van der Waals surface area contributed by atoms with Crippen LogP contribution < -0.4 is 11.1 Å². The number of amides is 2. The second-order valence-electron chi connectivity index (χ2n) is 4.22. The molecule has 2 amide bonds. The van der Waals surface area contributed by atoms with Crippen LogP contribution in [0.5, 0.6) is 0 Å². The molecule has 0 aliphatic rings. The Kier molecular flexibility index (Phi) is 5.87. The summed E-state index contributed by atoms with van der Waals surface area (Å²) in [6.45, 7) is 1.30. The van der Waals surface area contributed by atoms with Crippen molar-refractivity contribution in [2.45, 2.75) is 17.9 Å². The zero-order chi connectivity index (χ0) is 16.9. The fourth-order valence-electron chi connectivity index (χ4n) is 1.42. The summed E-state index contributed by atoms with van der Waals surface area (Å²) in [6, 6.07) is 2.61. The molecule has 0 saturated carbocycles. The van der Waals surface area contributed by atoms with E-state index in [4.69, 9.17) is 10.8 Å². The number of aliphatic carboxylic acids is 1. The van der Waals surface area contributed by atoms with Gasteiger partial charge in [-0.15, -0.1) is 11.8 Å². The second kappa shape index (κ2) is 7.41. The van der Waals surface area contributed by atoms with Crippen molar-refractivity contribution in [3.05, 3.63) is 33.9 Å². The highest BCUT2D eigenvalue weighted by atomic mass is 32.2. The van der Waals surface area contributed by atoms with E-state index in [0.717, 1.165) is 17.8 Å². The van der Waals surface area contributed by atoms with Gasteiger partial charge in [0.05, 0.1) is 15.6 Å². The number of benzene rings is 1. The first-order valence-electron chi connectivity index (χ1n) is 5.95. The monoisotopic (exact) mass is 327 g/mol. The maximum atomic E-state index is 11.5. The van der Waals surface area contributed by atoms with Gasteiger partial charge in [-0.3, -0.25) is 24.5 Å². The van der Waals surface area contributed by atoms with E-state index in [2.05, 4.69) is 5.32 Å². The predicted molar refractivity (Wildman–Crippen MR) is 77.6 cm³/mol. The van der Waals surface area contributed by atoms with Crippen LogP contribution in [0.1, 0.15) is 17.3 Å². The summed E-state index contributed by atoms with van der Waals surface area (Å²) in [7, 11) is 0. The molecule has 9 nitrogen and oxygen atoms in total. The van der Waals surface area contributed by atoms with Crippen molar-refractivity contribution in [1.29, 1.82) is 0 Å². The summed E-state index contributed by atoms with van der Waals surface area (Å²) in [5.41, 5.74) is 4.69. The standard InChI is InChI=1S/C12H13N3O6S/c1-6(12(18)19)14-10(16)5-22-9-3-2-7(11(13)17)4-8(9)15(20)21/h2-4,6H,5H2,1H3,(H2,13,17)(H,14,16)(H,18,19)/t6-/m1/s1. The number of nitro benzene ring substituents is 1. The van der Waals surface area contributed by atoms with Crippen molar-refractivity contribution in [3.63, 3.8) is 0 Å². The van der Waals surface area contributed by atoms with Gasteiger partial charge in [0.15, 0.2) is 0 Å². The van der Waals surface area contributed by atoms with Gasteiger partial charge in [0.25, 0.3) is 5.69 Å². The summed E-state index contributed by atoms with van der Waals surface area (Å²) in [6.07, 6.45) is 0. The van der Waals surface area contributed by atoms with Gasteiger partial charge in [-0.1, -0.05) is 0 Å². The van der Waals surface area contributed by atoms with Crippen LogP contribution in [0.15, 0.2) is 23.1 Å². The number of rotatable bonds is 7. The zero-order valence-electron chi connectivity index (χ0n) is 11.4. The predicted octanol–water partition coefficient (Wildman–Crippen LogP) is 0.375. The third kappa shape index (κ3) is 4.74. The molecule has 118 valence electrons. The Bertz CT molecular complexity index is 633. The quantitative estimate of drug-likeness (QED) is 0.371. The van der Waals surface area contributed by atoms with Crippen LogP contribution in [0.4, 0.5) is 5.69 Å². The fourth-order valence-corrected chi connectivity index (χ4v) is 2.24. The molecule has 0 aliphatic carbocycles. The van der Waals surface area contributed by atoms with Crippen LogP contribution in [0, 0.1) is 10.1 Å². The van der Waals surface area contributed by atoms with E-state index in [1.807, 2.05) is 0 Å². The lowest BCUT2D eigenvalue weighted by atomic mass is 10.2. The maximum Gasteiger partial charge on any atom is 0.325 e. The molecule has 0 spiro atoms. The molecule has 1 aromatic rings. The van der Waals surface area contributed by atoms with Crippen LogP contribution in [0.2, 0.25) is 0 Å². The van der Waals surface area contributed by atoms with Crippen LogP contribution in [0.3, 0.4) is 0 Å². The number of thioether (sulfide) groups is 1. The molecule has 1 rings (SSSR count). The minimum Gasteiger partial charge on any atom is -0.480 e. The first-order valence-corrected chi connectivity index (χ1v) is 6.94. The molecular weight excluding hydrogens is 314 g/mol. The number of nitrogens with one attached hydrogen (secondary N) is 1. The molecule has 0 bridgehead atoms. The van der Waals surface area contributed by atoms with E-state index >= 15 is 0 Å². The van der Waals surface area contributed by atoms with Crippen molar-refractivity contribution in [1.82, 2.24) is 5.32 Å². The normalized spacial score (nSPS) is 11.5. The van der Waals surface area contributed by atoms with Crippen LogP contribution in [-0.2, 0) is 9.59 Å². The molecule has 4 N–H and O–H groups in total. The van der Waals surface area contributed by atoms with Gasteiger partial charge in [-0.05, 0) is 19.1 Å². The van der Waals surface area contributed by atoms with E-state index in [1.165, 1.54) is 19.1 Å². The number of hydrogen-bond acceptors (Lipinski definition) is 6. The highest BCUT2D eigenvalue weighted by Gasteiger charge is 2.19. The van der Waals surface area contributed by atoms with E-state index in [1.54, 1.807) is 0 Å². The second-order valence-corrected chi connectivity index (χ2v) is 5.24. The number of nitrogens with zero attached hydrogens (tertiary/aromatic N) is 1. The molecule has 1 atom stereocenters. The fraction of sp³-hybridized carbons (Fsp3) is 0.250. The molecule has 0 radical (unpaired) electrons. The summed E-state index contributed by atoms with van der Waals surface area (Å²) >= 11 is 0.859. The Hall–Kier alpha value is -2.62. The lowest BCUT2D eigenvalue weighted by Gasteiger charge is -2.09. The zero-order valence-corrected chi connectivity index (χ0v) is 12.3. The SMILES string of the molecule is C[C@@H](NC(=O)CSc1ccc(C(N)=O)cc1[N+](=O)[O-])C(=O)O. The molecule has 1 aromatic carbocycles. The van der Waals surface area contributed by atoms with Crippen LogP contribution in [-0.4, -0.2) is 39.6 Å². The van der Waals surface area contributed by atoms with E-state index in [0.29, 0.717) is 0 Å². The van der Waals surface area contributed by atoms with Gasteiger partial charge < -0.3 is 16.2 Å². The third-order valence-corrected chi connectivity index (χ3v) is 3.61. The van der Waals surface area contributed by atoms with Crippen molar-refractivity contribution >= 4 is 35.2 Å². The van der Waals surface area contributed by atoms with Gasteiger partial charge in [-0.2, -0.15) is 0 Å². The molecular formula is C12H13N3O6S. The number of nitro groups is 1. The Balaban J connectivity index is 2.81. The molecule has 10 heteroatoms. The Morgan fingerprint density at radius 2 is 2.09 bits per heavy atom. The summed E-state index contributed by atoms with van der Waals surface area (Å²) in [5, 5.41) is 21.9. The summed E-state index contributed by atoms with van der Waals surface area (Å²) < 4.78 is 0. The number of carbonyl (C=O) groups is 3. The average molecular weight is 327 g/mol. The topological polar surface area (TPSA) is 153 Å². The maximum absolute atomic E-state index is 11.5. The highest BCUT2D eigenvalue weighted by molar-refractivity contribution is 8.00. The van der Waals surface area contributed by atoms with Crippen molar-refractivity contribution in [3.8, 4) is 0 Å². The largest absolute Gasteiger partial charge is 0.480 e. The lowest BCUT2D eigenvalue weighted by molar-refractivity contribution is -0.387. The molecule has 0 aliphatic heterocycles. The van der Waals surface area contributed by atoms with Crippen molar-refractivity contribution in [2.24, 2.45) is 5.73 Å². The van der Waals surface area contributed by atoms with Gasteiger partial charge in [0, 0.05) is 11.6 Å². The summed E-state index contributed by atoms with van der Waals surface area (Å²) in [5.74, 6) is -2.76. The number of primary amides is 1. The smallest absolute Gasteiger partial charge is 0.325 e. The Morgan fingerprint density at radius 3 is 2.59 bits per heavy atom. The van der Waals surface area contributed by atoms with Crippen LogP contribution >= 0.6 is 11.8 Å². The molecule has 0 heterocycles. The molecule has 22 heavy (non-hydrogen) atoms. The Labute approximate surface area is 129 Å². The number of hydrogen-bond donors (Lipinski definition) is 3. The van der Waals surface area contributed by atoms with Crippen LogP contribution in [0.25, 0.3) is 0 Å². The van der Waals surface area contributed by atoms with E-state index in [9.17, 15) is 24.5 Å². The first kappa shape index (κ1) is 17.4. The van der Waals surface area contributed by atoms with Crippen molar-refractivity contribution < 1.29 is 24.4 Å². The molecule has 0 saturated heterocycles. The van der Waals surface area contributed by atoms with Gasteiger partial charge in [0.1, 0.15) is 6.04 Å². The first-order chi connectivity index (χ1) is 10.2. The molecule has 0 fully saturated rings.